The zero-order valence-corrected chi connectivity index (χ0v) is 12.7. The molecule has 1 aromatic heterocycles. The zero-order valence-electron chi connectivity index (χ0n) is 11.9. The number of amides is 1. The Morgan fingerprint density at radius 2 is 2.15 bits per heavy atom. The van der Waals surface area contributed by atoms with Gasteiger partial charge in [0.1, 0.15) is 0 Å². The molecular weight excluding hydrogens is 268 g/mol. The fourth-order valence-corrected chi connectivity index (χ4v) is 5.25. The van der Waals surface area contributed by atoms with Crippen LogP contribution < -0.4 is 5.32 Å². The Balaban J connectivity index is 1.44. The number of nitrogens with one attached hydrogen (secondary N) is 1. The van der Waals surface area contributed by atoms with Crippen molar-refractivity contribution in [3.8, 4) is 0 Å². The van der Waals surface area contributed by atoms with Crippen LogP contribution in [-0.4, -0.2) is 36.0 Å². The van der Waals surface area contributed by atoms with Crippen LogP contribution in [0.2, 0.25) is 0 Å². The maximum absolute atomic E-state index is 12.5. The first-order chi connectivity index (χ1) is 9.81. The van der Waals surface area contributed by atoms with Crippen molar-refractivity contribution in [2.75, 3.05) is 13.1 Å². The zero-order chi connectivity index (χ0) is 13.5. The highest BCUT2D eigenvalue weighted by Crippen LogP contribution is 2.31. The molecule has 1 aromatic rings. The van der Waals surface area contributed by atoms with Gasteiger partial charge < -0.3 is 5.32 Å². The van der Waals surface area contributed by atoms with E-state index in [-0.39, 0.29) is 5.91 Å². The van der Waals surface area contributed by atoms with Gasteiger partial charge in [0, 0.05) is 23.5 Å². The van der Waals surface area contributed by atoms with E-state index in [0.29, 0.717) is 12.1 Å². The molecule has 0 spiro atoms. The molecule has 2 saturated heterocycles. The molecule has 1 aliphatic carbocycles. The molecular formula is C16H22N2OS. The molecule has 0 unspecified atom stereocenters. The lowest BCUT2D eigenvalue weighted by molar-refractivity contribution is 0.0919. The Hall–Kier alpha value is -0.870. The second-order valence-electron chi connectivity index (χ2n) is 6.38. The summed E-state index contributed by atoms with van der Waals surface area (Å²) < 4.78 is 0. The second-order valence-corrected chi connectivity index (χ2v) is 7.52. The predicted octanol–water partition coefficient (Wildman–Crippen LogP) is 2.59. The van der Waals surface area contributed by atoms with Gasteiger partial charge in [-0.25, -0.2) is 0 Å². The molecule has 3 heterocycles. The maximum Gasteiger partial charge on any atom is 0.261 e. The van der Waals surface area contributed by atoms with Gasteiger partial charge in [0.25, 0.3) is 5.91 Å². The molecule has 0 saturated carbocycles. The largest absolute Gasteiger partial charge is 0.347 e. The highest BCUT2D eigenvalue weighted by atomic mass is 32.1. The summed E-state index contributed by atoms with van der Waals surface area (Å²) in [6, 6.07) is 3.11. The van der Waals surface area contributed by atoms with Crippen LogP contribution in [0.4, 0.5) is 0 Å². The molecule has 0 bridgehead atoms. The number of hydrogen-bond acceptors (Lipinski definition) is 3. The Labute approximate surface area is 124 Å². The molecule has 4 heteroatoms. The molecule has 20 heavy (non-hydrogen) atoms. The Kier molecular flexibility index (Phi) is 3.31. The average Bonchev–Trinajstić information content (AvgIpc) is 3.12. The number of rotatable bonds is 2. The average molecular weight is 290 g/mol. The molecule has 3 aliphatic rings. The van der Waals surface area contributed by atoms with Gasteiger partial charge in [-0.1, -0.05) is 6.42 Å². The van der Waals surface area contributed by atoms with Gasteiger partial charge >= 0.3 is 0 Å². The van der Waals surface area contributed by atoms with Crippen LogP contribution in [0.3, 0.4) is 0 Å². The lowest BCUT2D eigenvalue weighted by Crippen LogP contribution is -2.46. The third-order valence-electron chi connectivity index (χ3n) is 5.14. The van der Waals surface area contributed by atoms with E-state index in [1.165, 1.54) is 55.5 Å². The number of hydrogen-bond donors (Lipinski definition) is 1. The van der Waals surface area contributed by atoms with Crippen molar-refractivity contribution in [2.24, 2.45) is 0 Å². The van der Waals surface area contributed by atoms with E-state index in [2.05, 4.69) is 16.3 Å². The smallest absolute Gasteiger partial charge is 0.261 e. The lowest BCUT2D eigenvalue weighted by atomic mass is 9.99. The van der Waals surface area contributed by atoms with E-state index < -0.39 is 0 Å². The molecule has 2 aliphatic heterocycles. The number of carbonyl (C=O) groups is 1. The van der Waals surface area contributed by atoms with Crippen molar-refractivity contribution < 1.29 is 4.79 Å². The number of piperidine rings is 1. The van der Waals surface area contributed by atoms with Crippen LogP contribution in [0, 0.1) is 0 Å². The topological polar surface area (TPSA) is 32.3 Å². The predicted molar refractivity (Wildman–Crippen MR) is 81.4 cm³/mol. The Morgan fingerprint density at radius 3 is 3.05 bits per heavy atom. The summed E-state index contributed by atoms with van der Waals surface area (Å²) in [5.41, 5.74) is 1.42. The summed E-state index contributed by atoms with van der Waals surface area (Å²) in [5.74, 6) is 0.168. The van der Waals surface area contributed by atoms with Crippen molar-refractivity contribution in [2.45, 2.75) is 57.0 Å². The molecule has 1 N–H and O–H groups in total. The van der Waals surface area contributed by atoms with E-state index in [4.69, 9.17) is 0 Å². The van der Waals surface area contributed by atoms with Crippen molar-refractivity contribution in [1.82, 2.24) is 10.2 Å². The molecule has 1 amide bonds. The van der Waals surface area contributed by atoms with Gasteiger partial charge in [0.15, 0.2) is 0 Å². The first-order valence-corrected chi connectivity index (χ1v) is 8.79. The van der Waals surface area contributed by atoms with Crippen LogP contribution in [0.5, 0.6) is 0 Å². The van der Waals surface area contributed by atoms with Gasteiger partial charge in [-0.05, 0) is 56.7 Å². The van der Waals surface area contributed by atoms with E-state index in [0.717, 1.165) is 17.8 Å². The summed E-state index contributed by atoms with van der Waals surface area (Å²) >= 11 is 1.72. The van der Waals surface area contributed by atoms with E-state index in [1.54, 1.807) is 11.3 Å². The summed E-state index contributed by atoms with van der Waals surface area (Å²) in [7, 11) is 0. The minimum absolute atomic E-state index is 0.168. The van der Waals surface area contributed by atoms with Crippen molar-refractivity contribution in [3.05, 3.63) is 21.4 Å². The number of nitrogens with zero attached hydrogens (tertiary/aromatic N) is 1. The van der Waals surface area contributed by atoms with Crippen LogP contribution >= 0.6 is 11.3 Å². The van der Waals surface area contributed by atoms with Gasteiger partial charge in [-0.15, -0.1) is 11.3 Å². The van der Waals surface area contributed by atoms with E-state index >= 15 is 0 Å². The van der Waals surface area contributed by atoms with Crippen LogP contribution in [0.1, 0.15) is 52.2 Å². The van der Waals surface area contributed by atoms with Gasteiger partial charge in [0.2, 0.25) is 0 Å². The Morgan fingerprint density at radius 1 is 1.20 bits per heavy atom. The molecule has 0 radical (unpaired) electrons. The van der Waals surface area contributed by atoms with Gasteiger partial charge in [-0.3, -0.25) is 9.69 Å². The molecule has 3 nitrogen and oxygen atoms in total. The van der Waals surface area contributed by atoms with E-state index in [9.17, 15) is 4.79 Å². The highest BCUT2D eigenvalue weighted by Gasteiger charge is 2.36. The standard InChI is InChI=1S/C16H22N2OS/c19-16(15-10-11-4-3-6-14(11)20-15)17-12-7-9-18-8-2-1-5-13(12)18/h10,12-13H,1-9H2,(H,17,19)/t12-,13-/m1/s1. The van der Waals surface area contributed by atoms with Crippen molar-refractivity contribution in [1.29, 1.82) is 0 Å². The normalized spacial score (nSPS) is 29.2. The Bertz CT molecular complexity index is 503. The minimum atomic E-state index is 0.168. The SMILES string of the molecule is O=C(N[C@@H]1CCN2CCCC[C@H]12)c1cc2c(s1)CCC2. The third-order valence-corrected chi connectivity index (χ3v) is 6.38. The van der Waals surface area contributed by atoms with E-state index in [1.807, 2.05) is 0 Å². The maximum atomic E-state index is 12.5. The second kappa shape index (κ2) is 5.15. The summed E-state index contributed by atoms with van der Waals surface area (Å²) in [6.07, 6.45) is 8.64. The summed E-state index contributed by atoms with van der Waals surface area (Å²) in [5, 5.41) is 3.31. The summed E-state index contributed by atoms with van der Waals surface area (Å²) in [4.78, 5) is 17.4. The van der Waals surface area contributed by atoms with Crippen molar-refractivity contribution >= 4 is 17.2 Å². The fraction of sp³-hybridized carbons (Fsp3) is 0.688. The monoisotopic (exact) mass is 290 g/mol. The molecule has 0 aromatic carbocycles. The fourth-order valence-electron chi connectivity index (χ4n) is 4.10. The first-order valence-electron chi connectivity index (χ1n) is 7.98. The number of thiophene rings is 1. The highest BCUT2D eigenvalue weighted by molar-refractivity contribution is 7.14. The number of aryl methyl sites for hydroxylation is 2. The van der Waals surface area contributed by atoms with Crippen molar-refractivity contribution in [3.63, 3.8) is 0 Å². The quantitative estimate of drug-likeness (QED) is 0.908. The minimum Gasteiger partial charge on any atom is -0.347 e. The number of carbonyl (C=O) groups excluding carboxylic acids is 1. The molecule has 2 fully saturated rings. The first kappa shape index (κ1) is 12.8. The third kappa shape index (κ3) is 2.19. The van der Waals surface area contributed by atoms with Crippen LogP contribution in [0.25, 0.3) is 0 Å². The summed E-state index contributed by atoms with van der Waals surface area (Å²) in [6.45, 7) is 2.39. The van der Waals surface area contributed by atoms with Crippen LogP contribution in [0.15, 0.2) is 6.07 Å². The molecule has 108 valence electrons. The lowest BCUT2D eigenvalue weighted by Gasteiger charge is -2.32. The molecule has 4 rings (SSSR count). The van der Waals surface area contributed by atoms with Gasteiger partial charge in [-0.2, -0.15) is 0 Å². The number of fused-ring (bicyclic) bond motifs is 2. The van der Waals surface area contributed by atoms with Crippen LogP contribution in [-0.2, 0) is 12.8 Å². The van der Waals surface area contributed by atoms with Gasteiger partial charge in [0.05, 0.1) is 4.88 Å². The molecule has 2 atom stereocenters.